The van der Waals surface area contributed by atoms with Crippen molar-refractivity contribution in [3.8, 4) is 22.8 Å². The Morgan fingerprint density at radius 1 is 0.655 bits per heavy atom. The molecule has 0 aliphatic heterocycles. The van der Waals surface area contributed by atoms with Gasteiger partial charge >= 0.3 is 0 Å². The Bertz CT molecular complexity index is 1110. The van der Waals surface area contributed by atoms with Crippen molar-refractivity contribution >= 4 is 0 Å². The Labute approximate surface area is 181 Å². The Morgan fingerprint density at radius 3 is 1.41 bits per heavy atom. The maximum Gasteiger partial charge on any atom is 0.182 e. The van der Waals surface area contributed by atoms with Crippen LogP contribution in [0.1, 0.15) is 11.1 Å². The van der Waals surface area contributed by atoms with E-state index in [0.29, 0.717) is 11.4 Å². The summed E-state index contributed by atoms with van der Waals surface area (Å²) in [7, 11) is 0. The van der Waals surface area contributed by atoms with Gasteiger partial charge in [-0.05, 0) is 49.2 Å². The van der Waals surface area contributed by atoms with Crippen molar-refractivity contribution < 1.29 is 19.8 Å². The van der Waals surface area contributed by atoms with Gasteiger partial charge in [0.1, 0.15) is 0 Å². The van der Waals surface area contributed by atoms with E-state index in [0.717, 1.165) is 11.4 Å². The monoisotopic (exact) mass is 564 g/mol. The topological polar surface area (TPSA) is 91.5 Å². The summed E-state index contributed by atoms with van der Waals surface area (Å²) in [6.07, 6.45) is 6.72. The number of aromatic amines is 2. The summed E-state index contributed by atoms with van der Waals surface area (Å²) in [5, 5.41) is 0. The summed E-state index contributed by atoms with van der Waals surface area (Å²) in [4.78, 5) is 36.4. The molecule has 4 aromatic heterocycles. The molecule has 4 rings (SSSR count). The number of rotatable bonds is 2. The Hall–Kier alpha value is -3.16. The van der Waals surface area contributed by atoms with Crippen LogP contribution in [0.4, 0.5) is 0 Å². The van der Waals surface area contributed by atoms with Crippen molar-refractivity contribution in [2.45, 2.75) is 13.8 Å². The second-order valence-corrected chi connectivity index (χ2v) is 6.31. The van der Waals surface area contributed by atoms with Crippen molar-refractivity contribution in [2.24, 2.45) is 0 Å². The summed E-state index contributed by atoms with van der Waals surface area (Å²) >= 11 is 0. The fraction of sp³-hybridized carbons (Fsp3) is 0.0909. The quantitative estimate of drug-likeness (QED) is 0.392. The number of aryl methyl sites for hydroxylation is 2. The first-order valence-electron chi connectivity index (χ1n) is 8.75. The zero-order chi connectivity index (χ0) is 19.9. The minimum Gasteiger partial charge on any atom is -0.360 e. The molecule has 4 aromatic rings. The fourth-order valence-electron chi connectivity index (χ4n) is 2.55. The molecule has 0 saturated carbocycles. The predicted octanol–water partition coefficient (Wildman–Crippen LogP) is 3.49. The average molecular weight is 563 g/mol. The van der Waals surface area contributed by atoms with Crippen LogP contribution in [-0.2, 0) is 19.8 Å². The van der Waals surface area contributed by atoms with Crippen LogP contribution in [0.5, 0.6) is 0 Å². The normalized spacial score (nSPS) is 9.72. The molecule has 0 unspecified atom stereocenters. The smallest absolute Gasteiger partial charge is 0.182 e. The van der Waals surface area contributed by atoms with Gasteiger partial charge in [0, 0.05) is 68.8 Å². The molecule has 0 bridgehead atoms. The Balaban J connectivity index is 0.000000200. The number of aromatic nitrogens is 4. The second-order valence-electron chi connectivity index (χ2n) is 6.31. The molecule has 29 heavy (non-hydrogen) atoms. The molecular formula is C22H20N4O2Os. The van der Waals surface area contributed by atoms with Crippen LogP contribution in [-0.4, -0.2) is 19.9 Å². The van der Waals surface area contributed by atoms with Gasteiger partial charge in [-0.15, -0.1) is 0 Å². The van der Waals surface area contributed by atoms with Gasteiger partial charge < -0.3 is 9.97 Å². The molecule has 0 fully saturated rings. The van der Waals surface area contributed by atoms with Gasteiger partial charge in [-0.2, -0.15) is 0 Å². The van der Waals surface area contributed by atoms with E-state index in [4.69, 9.17) is 0 Å². The number of H-pyrrole nitrogens is 2. The van der Waals surface area contributed by atoms with E-state index in [9.17, 15) is 9.59 Å². The first-order valence-corrected chi connectivity index (χ1v) is 8.75. The summed E-state index contributed by atoms with van der Waals surface area (Å²) in [6, 6.07) is 13.8. The van der Waals surface area contributed by atoms with Crippen molar-refractivity contribution in [2.75, 3.05) is 0 Å². The minimum atomic E-state index is -0.0940. The number of nitrogens with zero attached hydrogens (tertiary/aromatic N) is 2. The predicted molar refractivity (Wildman–Crippen MR) is 110 cm³/mol. The summed E-state index contributed by atoms with van der Waals surface area (Å²) in [5.74, 6) is 0. The number of nitrogens with one attached hydrogen (secondary N) is 2. The molecule has 6 nitrogen and oxygen atoms in total. The molecule has 7 heteroatoms. The molecule has 0 atom stereocenters. The average Bonchev–Trinajstić information content (AvgIpc) is 2.69. The molecule has 0 saturated heterocycles. The third-order valence-electron chi connectivity index (χ3n) is 3.93. The molecule has 0 spiro atoms. The van der Waals surface area contributed by atoms with Gasteiger partial charge in [0.15, 0.2) is 10.9 Å². The van der Waals surface area contributed by atoms with Crippen LogP contribution in [0, 0.1) is 13.8 Å². The zero-order valence-corrected chi connectivity index (χ0v) is 18.5. The maximum atomic E-state index is 11.0. The maximum absolute atomic E-state index is 11.0. The molecular weight excluding hydrogens is 542 g/mol. The van der Waals surface area contributed by atoms with Crippen LogP contribution >= 0.6 is 0 Å². The molecule has 0 radical (unpaired) electrons. The van der Waals surface area contributed by atoms with Crippen LogP contribution in [0.25, 0.3) is 22.8 Å². The molecule has 4 heterocycles. The summed E-state index contributed by atoms with van der Waals surface area (Å²) in [6.45, 7) is 4.11. The van der Waals surface area contributed by atoms with Gasteiger partial charge in [0.25, 0.3) is 0 Å². The largest absolute Gasteiger partial charge is 0.360 e. The fourth-order valence-corrected chi connectivity index (χ4v) is 2.55. The van der Waals surface area contributed by atoms with Crippen molar-refractivity contribution in [1.29, 1.82) is 0 Å². The van der Waals surface area contributed by atoms with Crippen LogP contribution in [0.2, 0.25) is 0 Å². The van der Waals surface area contributed by atoms with Crippen LogP contribution in [0.15, 0.2) is 82.9 Å². The third kappa shape index (κ3) is 6.44. The van der Waals surface area contributed by atoms with Crippen molar-refractivity contribution in [3.63, 3.8) is 0 Å². The number of pyridine rings is 4. The SMILES string of the molecule is Cc1ccnc(-c2cc(C)ccn2)c1.O=c1cc[nH]c(-c2cc(=O)cc[nH]2)c1.[Os]. The molecule has 0 aromatic carbocycles. The molecule has 0 amide bonds. The first-order chi connectivity index (χ1) is 13.5. The van der Waals surface area contributed by atoms with E-state index >= 15 is 0 Å². The van der Waals surface area contributed by atoms with Crippen molar-refractivity contribution in [3.05, 3.63) is 105 Å². The Kier molecular flexibility index (Phi) is 7.94. The van der Waals surface area contributed by atoms with Gasteiger partial charge in [-0.1, -0.05) is 0 Å². The van der Waals surface area contributed by atoms with Gasteiger partial charge in [-0.3, -0.25) is 19.6 Å². The summed E-state index contributed by atoms with van der Waals surface area (Å²) < 4.78 is 0. The van der Waals surface area contributed by atoms with E-state index in [2.05, 4.69) is 33.8 Å². The van der Waals surface area contributed by atoms with E-state index in [-0.39, 0.29) is 30.6 Å². The van der Waals surface area contributed by atoms with Gasteiger partial charge in [0.2, 0.25) is 0 Å². The van der Waals surface area contributed by atoms with E-state index < -0.39 is 0 Å². The van der Waals surface area contributed by atoms with Gasteiger partial charge in [-0.25, -0.2) is 0 Å². The van der Waals surface area contributed by atoms with Crippen molar-refractivity contribution in [1.82, 2.24) is 19.9 Å². The van der Waals surface area contributed by atoms with E-state index in [1.807, 2.05) is 36.7 Å². The third-order valence-corrected chi connectivity index (χ3v) is 3.93. The minimum absolute atomic E-state index is 0. The number of hydrogen-bond donors (Lipinski definition) is 2. The first kappa shape index (κ1) is 22.1. The molecule has 148 valence electrons. The summed E-state index contributed by atoms with van der Waals surface area (Å²) in [5.41, 5.74) is 5.32. The molecule has 0 aliphatic carbocycles. The van der Waals surface area contributed by atoms with E-state index in [1.165, 1.54) is 35.4 Å². The second kappa shape index (κ2) is 10.4. The zero-order valence-electron chi connectivity index (χ0n) is 16.0. The number of hydrogen-bond acceptors (Lipinski definition) is 4. The molecule has 2 N–H and O–H groups in total. The van der Waals surface area contributed by atoms with Crippen LogP contribution in [0.3, 0.4) is 0 Å². The Morgan fingerprint density at radius 2 is 1.07 bits per heavy atom. The standard InChI is InChI=1S/C12H12N2.C10H8N2O2.Os/c1-9-3-5-13-11(7-9)12-8-10(2)4-6-14-12;13-7-1-3-11-9(5-7)10-6-8(14)2-4-12-10;/h3-8H,1-2H3;1-6H,(H,11,13)(H,12,14);. The van der Waals surface area contributed by atoms with Gasteiger partial charge in [0.05, 0.1) is 22.8 Å². The van der Waals surface area contributed by atoms with Crippen LogP contribution < -0.4 is 10.9 Å². The van der Waals surface area contributed by atoms with E-state index in [1.54, 1.807) is 12.4 Å². The molecule has 0 aliphatic rings.